The number of aromatic nitrogens is 1. The Morgan fingerprint density at radius 3 is 2.88 bits per heavy atom. The van der Waals surface area contributed by atoms with Crippen molar-refractivity contribution in [2.45, 2.75) is 59.1 Å². The highest BCUT2D eigenvalue weighted by atomic mass is 16.5. The SMILES string of the molecule is CC(C)=CCO[C@H]1CCOC[C@H]1NC(=O)CCc1c(C)noc1C. The van der Waals surface area contributed by atoms with E-state index < -0.39 is 0 Å². The topological polar surface area (TPSA) is 73.6 Å². The summed E-state index contributed by atoms with van der Waals surface area (Å²) in [6, 6.07) is -0.0959. The van der Waals surface area contributed by atoms with Crippen molar-refractivity contribution in [2.24, 2.45) is 0 Å². The van der Waals surface area contributed by atoms with E-state index in [9.17, 15) is 4.79 Å². The zero-order valence-electron chi connectivity index (χ0n) is 15.1. The largest absolute Gasteiger partial charge is 0.379 e. The minimum atomic E-state index is -0.0959. The molecule has 0 aromatic carbocycles. The standard InChI is InChI=1S/C18H28N2O4/c1-12(2)7-10-23-17-8-9-22-11-16(17)19-18(21)6-5-15-13(3)20-24-14(15)4/h7,16-17H,5-6,8-11H2,1-4H3,(H,19,21)/t16-,17+/m1/s1. The fraction of sp³-hybridized carbons (Fsp3) is 0.667. The highest BCUT2D eigenvalue weighted by Crippen LogP contribution is 2.15. The van der Waals surface area contributed by atoms with Crippen LogP contribution in [-0.2, 0) is 20.7 Å². The Hall–Kier alpha value is -1.66. The predicted octanol–water partition coefficient (Wildman–Crippen LogP) is 2.48. The lowest BCUT2D eigenvalue weighted by Crippen LogP contribution is -2.50. The molecule has 0 unspecified atom stereocenters. The second-order valence-corrected chi connectivity index (χ2v) is 6.49. The van der Waals surface area contributed by atoms with Gasteiger partial charge in [0.25, 0.3) is 0 Å². The van der Waals surface area contributed by atoms with Crippen molar-refractivity contribution >= 4 is 5.91 Å². The van der Waals surface area contributed by atoms with E-state index in [4.69, 9.17) is 14.0 Å². The molecule has 1 N–H and O–H groups in total. The van der Waals surface area contributed by atoms with E-state index in [1.165, 1.54) is 5.57 Å². The van der Waals surface area contributed by atoms with Gasteiger partial charge in [-0.25, -0.2) is 0 Å². The molecule has 0 bridgehead atoms. The Kier molecular flexibility index (Phi) is 6.99. The zero-order valence-corrected chi connectivity index (χ0v) is 15.1. The van der Waals surface area contributed by atoms with Crippen LogP contribution in [-0.4, -0.2) is 43.0 Å². The number of allylic oxidation sites excluding steroid dienone is 1. The molecule has 24 heavy (non-hydrogen) atoms. The highest BCUT2D eigenvalue weighted by molar-refractivity contribution is 5.76. The molecule has 1 amide bonds. The van der Waals surface area contributed by atoms with Gasteiger partial charge in [-0.3, -0.25) is 4.79 Å². The first-order valence-corrected chi connectivity index (χ1v) is 8.51. The summed E-state index contributed by atoms with van der Waals surface area (Å²) in [5.41, 5.74) is 3.09. The molecule has 0 spiro atoms. The minimum absolute atomic E-state index is 0.00122. The van der Waals surface area contributed by atoms with Gasteiger partial charge in [-0.2, -0.15) is 0 Å². The molecule has 1 saturated heterocycles. The first kappa shape index (κ1) is 18.7. The highest BCUT2D eigenvalue weighted by Gasteiger charge is 2.27. The fourth-order valence-electron chi connectivity index (χ4n) is 2.77. The number of ether oxygens (including phenoxy) is 2. The van der Waals surface area contributed by atoms with Crippen molar-refractivity contribution in [2.75, 3.05) is 19.8 Å². The lowest BCUT2D eigenvalue weighted by molar-refractivity contribution is -0.125. The van der Waals surface area contributed by atoms with E-state index in [1.54, 1.807) is 0 Å². The summed E-state index contributed by atoms with van der Waals surface area (Å²) in [6.07, 6.45) is 3.87. The Balaban J connectivity index is 1.83. The minimum Gasteiger partial charge on any atom is -0.379 e. The molecule has 134 valence electrons. The Bertz CT molecular complexity index is 556. The van der Waals surface area contributed by atoms with Gasteiger partial charge in [-0.1, -0.05) is 16.8 Å². The van der Waals surface area contributed by atoms with E-state index in [-0.39, 0.29) is 18.1 Å². The average molecular weight is 336 g/mol. The van der Waals surface area contributed by atoms with Crippen LogP contribution in [0.4, 0.5) is 0 Å². The van der Waals surface area contributed by atoms with Gasteiger partial charge in [0.1, 0.15) is 5.76 Å². The monoisotopic (exact) mass is 336 g/mol. The number of amides is 1. The van der Waals surface area contributed by atoms with E-state index >= 15 is 0 Å². The number of nitrogens with zero attached hydrogens (tertiary/aromatic N) is 1. The molecule has 1 fully saturated rings. The van der Waals surface area contributed by atoms with Gasteiger partial charge in [0.15, 0.2) is 0 Å². The maximum absolute atomic E-state index is 12.3. The number of rotatable bonds is 7. The summed E-state index contributed by atoms with van der Waals surface area (Å²) in [5.74, 6) is 0.783. The molecule has 2 atom stereocenters. The van der Waals surface area contributed by atoms with Crippen molar-refractivity contribution in [1.29, 1.82) is 0 Å². The molecule has 1 aliphatic heterocycles. The van der Waals surface area contributed by atoms with Crippen LogP contribution < -0.4 is 5.32 Å². The van der Waals surface area contributed by atoms with Crippen LogP contribution in [0.15, 0.2) is 16.2 Å². The average Bonchev–Trinajstić information content (AvgIpc) is 2.85. The first-order chi connectivity index (χ1) is 11.5. The molecule has 6 nitrogen and oxygen atoms in total. The van der Waals surface area contributed by atoms with Gasteiger partial charge in [0.2, 0.25) is 5.91 Å². The molecule has 0 aliphatic carbocycles. The molecule has 2 heterocycles. The normalized spacial score (nSPS) is 20.7. The summed E-state index contributed by atoms with van der Waals surface area (Å²) in [7, 11) is 0. The van der Waals surface area contributed by atoms with Gasteiger partial charge < -0.3 is 19.3 Å². The van der Waals surface area contributed by atoms with Crippen molar-refractivity contribution in [1.82, 2.24) is 10.5 Å². The third kappa shape index (κ3) is 5.46. The molecule has 1 aromatic heterocycles. The summed E-state index contributed by atoms with van der Waals surface area (Å²) < 4.78 is 16.5. The summed E-state index contributed by atoms with van der Waals surface area (Å²) in [6.45, 7) is 9.59. The molecule has 1 aromatic rings. The Morgan fingerprint density at radius 2 is 2.21 bits per heavy atom. The Morgan fingerprint density at radius 1 is 1.42 bits per heavy atom. The second-order valence-electron chi connectivity index (χ2n) is 6.49. The quantitative estimate of drug-likeness (QED) is 0.774. The van der Waals surface area contributed by atoms with Crippen LogP contribution in [0, 0.1) is 13.8 Å². The van der Waals surface area contributed by atoms with Crippen molar-refractivity contribution in [3.8, 4) is 0 Å². The smallest absolute Gasteiger partial charge is 0.220 e. The lowest BCUT2D eigenvalue weighted by Gasteiger charge is -2.32. The molecule has 0 saturated carbocycles. The molecular formula is C18H28N2O4. The van der Waals surface area contributed by atoms with Gasteiger partial charge in [-0.15, -0.1) is 0 Å². The summed E-state index contributed by atoms with van der Waals surface area (Å²) in [5, 5.41) is 6.97. The third-order valence-electron chi connectivity index (χ3n) is 4.22. The first-order valence-electron chi connectivity index (χ1n) is 8.51. The van der Waals surface area contributed by atoms with Crippen LogP contribution in [0.2, 0.25) is 0 Å². The summed E-state index contributed by atoms with van der Waals surface area (Å²) >= 11 is 0. The summed E-state index contributed by atoms with van der Waals surface area (Å²) in [4.78, 5) is 12.3. The zero-order chi connectivity index (χ0) is 17.5. The van der Waals surface area contributed by atoms with E-state index in [0.29, 0.717) is 32.7 Å². The number of nitrogens with one attached hydrogen (secondary N) is 1. The van der Waals surface area contributed by atoms with E-state index in [1.807, 2.05) is 33.8 Å². The maximum atomic E-state index is 12.3. The number of carbonyl (C=O) groups excluding carboxylic acids is 1. The second kappa shape index (κ2) is 8.99. The Labute approximate surface area is 143 Å². The van der Waals surface area contributed by atoms with Crippen molar-refractivity contribution in [3.05, 3.63) is 28.7 Å². The number of hydrogen-bond donors (Lipinski definition) is 1. The van der Waals surface area contributed by atoms with E-state index in [2.05, 4.69) is 10.5 Å². The van der Waals surface area contributed by atoms with Crippen LogP contribution in [0.1, 0.15) is 43.7 Å². The lowest BCUT2D eigenvalue weighted by atomic mass is 10.0. The third-order valence-corrected chi connectivity index (χ3v) is 4.22. The number of carbonyl (C=O) groups is 1. The molecule has 1 aliphatic rings. The van der Waals surface area contributed by atoms with Crippen LogP contribution in [0.25, 0.3) is 0 Å². The number of hydrogen-bond acceptors (Lipinski definition) is 5. The van der Waals surface area contributed by atoms with Crippen LogP contribution >= 0.6 is 0 Å². The number of aryl methyl sites for hydroxylation is 2. The van der Waals surface area contributed by atoms with Gasteiger partial charge in [-0.05, 0) is 40.5 Å². The van der Waals surface area contributed by atoms with Crippen LogP contribution in [0.3, 0.4) is 0 Å². The van der Waals surface area contributed by atoms with Crippen molar-refractivity contribution < 1.29 is 18.8 Å². The molecule has 2 rings (SSSR count). The predicted molar refractivity (Wildman–Crippen MR) is 90.8 cm³/mol. The van der Waals surface area contributed by atoms with E-state index in [0.717, 1.165) is 23.4 Å². The molecular weight excluding hydrogens is 308 g/mol. The van der Waals surface area contributed by atoms with Gasteiger partial charge in [0, 0.05) is 18.6 Å². The maximum Gasteiger partial charge on any atom is 0.220 e. The molecule has 0 radical (unpaired) electrons. The van der Waals surface area contributed by atoms with Gasteiger partial charge >= 0.3 is 0 Å². The van der Waals surface area contributed by atoms with Crippen LogP contribution in [0.5, 0.6) is 0 Å². The fourth-order valence-corrected chi connectivity index (χ4v) is 2.77. The van der Waals surface area contributed by atoms with Crippen molar-refractivity contribution in [3.63, 3.8) is 0 Å². The van der Waals surface area contributed by atoms with Gasteiger partial charge in [0.05, 0.1) is 31.1 Å². The molecule has 6 heteroatoms.